The second-order valence-corrected chi connectivity index (χ2v) is 5.18. The number of hydrogen-bond acceptors (Lipinski definition) is 4. The van der Waals surface area contributed by atoms with Gasteiger partial charge in [-0.2, -0.15) is 0 Å². The van der Waals surface area contributed by atoms with Crippen molar-refractivity contribution in [3.63, 3.8) is 0 Å². The predicted molar refractivity (Wildman–Crippen MR) is 81.2 cm³/mol. The Morgan fingerprint density at radius 1 is 1.15 bits per heavy atom. The largest absolute Gasteiger partial charge is 0.326 e. The maximum absolute atomic E-state index is 6.16. The van der Waals surface area contributed by atoms with Crippen LogP contribution in [-0.2, 0) is 6.42 Å². The van der Waals surface area contributed by atoms with E-state index in [0.717, 1.165) is 13.0 Å². The van der Waals surface area contributed by atoms with Gasteiger partial charge in [0, 0.05) is 37.4 Å². The lowest BCUT2D eigenvalue weighted by Gasteiger charge is -2.31. The third-order valence-corrected chi connectivity index (χ3v) is 3.50. The van der Waals surface area contributed by atoms with E-state index in [9.17, 15) is 0 Å². The van der Waals surface area contributed by atoms with Crippen molar-refractivity contribution in [1.82, 2.24) is 14.9 Å². The van der Waals surface area contributed by atoms with Crippen molar-refractivity contribution in [2.24, 2.45) is 5.73 Å². The zero-order valence-corrected chi connectivity index (χ0v) is 12.1. The van der Waals surface area contributed by atoms with Gasteiger partial charge in [-0.25, -0.2) is 0 Å². The van der Waals surface area contributed by atoms with E-state index >= 15 is 0 Å². The molecule has 2 aromatic heterocycles. The Labute approximate surface area is 120 Å². The highest BCUT2D eigenvalue weighted by Crippen LogP contribution is 2.21. The molecular formula is C16H22N4. The van der Waals surface area contributed by atoms with Gasteiger partial charge in [0.05, 0.1) is 6.04 Å². The molecule has 4 heteroatoms. The van der Waals surface area contributed by atoms with Gasteiger partial charge >= 0.3 is 0 Å². The first-order valence-electron chi connectivity index (χ1n) is 6.93. The van der Waals surface area contributed by atoms with Gasteiger partial charge in [-0.3, -0.25) is 14.9 Å². The average Bonchev–Trinajstić information content (AvgIpc) is 2.47. The van der Waals surface area contributed by atoms with E-state index in [-0.39, 0.29) is 12.1 Å². The molecular weight excluding hydrogens is 248 g/mol. The fourth-order valence-electron chi connectivity index (χ4n) is 2.50. The van der Waals surface area contributed by atoms with E-state index in [1.807, 2.05) is 31.6 Å². The number of hydrogen-bond donors (Lipinski definition) is 1. The molecule has 0 aliphatic heterocycles. The summed E-state index contributed by atoms with van der Waals surface area (Å²) >= 11 is 0. The predicted octanol–water partition coefficient (Wildman–Crippen LogP) is 2.04. The van der Waals surface area contributed by atoms with Crippen molar-refractivity contribution in [3.8, 4) is 0 Å². The molecule has 2 unspecified atom stereocenters. The first-order chi connectivity index (χ1) is 9.68. The summed E-state index contributed by atoms with van der Waals surface area (Å²) in [6, 6.07) is 8.40. The van der Waals surface area contributed by atoms with E-state index in [1.54, 1.807) is 6.20 Å². The van der Waals surface area contributed by atoms with E-state index in [1.165, 1.54) is 11.1 Å². The summed E-state index contributed by atoms with van der Waals surface area (Å²) in [5, 5.41) is 0. The molecule has 2 atom stereocenters. The fraction of sp³-hybridized carbons (Fsp3) is 0.375. The van der Waals surface area contributed by atoms with Gasteiger partial charge in [0.1, 0.15) is 0 Å². The van der Waals surface area contributed by atoms with Gasteiger partial charge in [0.15, 0.2) is 0 Å². The van der Waals surface area contributed by atoms with Gasteiger partial charge in [-0.05, 0) is 49.7 Å². The van der Waals surface area contributed by atoms with Crippen LogP contribution in [0.25, 0.3) is 0 Å². The topological polar surface area (TPSA) is 55.0 Å². The number of pyridine rings is 2. The third-order valence-electron chi connectivity index (χ3n) is 3.50. The number of nitrogens with zero attached hydrogens (tertiary/aromatic N) is 3. The molecule has 0 spiro atoms. The summed E-state index contributed by atoms with van der Waals surface area (Å²) in [6.07, 6.45) is 8.34. The first kappa shape index (κ1) is 14.6. The van der Waals surface area contributed by atoms with E-state index in [2.05, 4.69) is 40.1 Å². The molecule has 0 aliphatic carbocycles. The van der Waals surface area contributed by atoms with Crippen LogP contribution in [0.1, 0.15) is 24.1 Å². The van der Waals surface area contributed by atoms with E-state index < -0.39 is 0 Å². The van der Waals surface area contributed by atoms with Crippen LogP contribution < -0.4 is 5.73 Å². The van der Waals surface area contributed by atoms with Crippen LogP contribution >= 0.6 is 0 Å². The maximum Gasteiger partial charge on any atom is 0.0509 e. The molecule has 0 amide bonds. The van der Waals surface area contributed by atoms with Crippen LogP contribution in [0.3, 0.4) is 0 Å². The summed E-state index contributed by atoms with van der Waals surface area (Å²) in [4.78, 5) is 10.5. The zero-order chi connectivity index (χ0) is 14.4. The number of rotatable bonds is 6. The Kier molecular flexibility index (Phi) is 5.21. The molecule has 0 aliphatic rings. The van der Waals surface area contributed by atoms with Crippen LogP contribution in [0.15, 0.2) is 49.1 Å². The molecule has 0 saturated heterocycles. The molecule has 0 fully saturated rings. The molecule has 2 N–H and O–H groups in total. The van der Waals surface area contributed by atoms with Crippen LogP contribution in [0, 0.1) is 0 Å². The summed E-state index contributed by atoms with van der Waals surface area (Å²) < 4.78 is 0. The standard InChI is InChI=1S/C16H22N4/c1-13(17)16(15-4-3-8-19-12-15)20(2)11-7-14-5-9-18-10-6-14/h3-6,8-10,12-13,16H,7,11,17H2,1-2H3. The summed E-state index contributed by atoms with van der Waals surface area (Å²) in [5.41, 5.74) is 8.62. The van der Waals surface area contributed by atoms with E-state index in [0.29, 0.717) is 0 Å². The normalized spacial score (nSPS) is 14.2. The fourth-order valence-corrected chi connectivity index (χ4v) is 2.50. The van der Waals surface area contributed by atoms with Crippen molar-refractivity contribution in [2.45, 2.75) is 25.4 Å². The van der Waals surface area contributed by atoms with Gasteiger partial charge in [-0.15, -0.1) is 0 Å². The van der Waals surface area contributed by atoms with Gasteiger partial charge in [0.2, 0.25) is 0 Å². The second kappa shape index (κ2) is 7.12. The molecule has 0 saturated carbocycles. The highest BCUT2D eigenvalue weighted by Gasteiger charge is 2.20. The molecule has 0 aromatic carbocycles. The molecule has 106 valence electrons. The molecule has 0 bridgehead atoms. The van der Waals surface area contributed by atoms with Gasteiger partial charge in [-0.1, -0.05) is 6.07 Å². The smallest absolute Gasteiger partial charge is 0.0509 e. The van der Waals surface area contributed by atoms with Crippen molar-refractivity contribution < 1.29 is 0 Å². The monoisotopic (exact) mass is 270 g/mol. The number of nitrogens with two attached hydrogens (primary N) is 1. The highest BCUT2D eigenvalue weighted by molar-refractivity contribution is 5.16. The Balaban J connectivity index is 2.03. The van der Waals surface area contributed by atoms with Crippen molar-refractivity contribution in [1.29, 1.82) is 0 Å². The molecule has 4 nitrogen and oxygen atoms in total. The Bertz CT molecular complexity index is 498. The lowest BCUT2D eigenvalue weighted by molar-refractivity contribution is 0.221. The van der Waals surface area contributed by atoms with Crippen molar-refractivity contribution in [3.05, 3.63) is 60.2 Å². The summed E-state index contributed by atoms with van der Waals surface area (Å²) in [7, 11) is 2.11. The summed E-state index contributed by atoms with van der Waals surface area (Å²) in [6.45, 7) is 2.99. The molecule has 20 heavy (non-hydrogen) atoms. The molecule has 2 heterocycles. The SMILES string of the molecule is CC(N)C(c1cccnc1)N(C)CCc1ccncc1. The van der Waals surface area contributed by atoms with E-state index in [4.69, 9.17) is 5.73 Å². The Hall–Kier alpha value is -1.78. The minimum absolute atomic E-state index is 0.0571. The molecule has 2 rings (SSSR count). The minimum atomic E-state index is 0.0571. The number of aromatic nitrogens is 2. The average molecular weight is 270 g/mol. The minimum Gasteiger partial charge on any atom is -0.326 e. The highest BCUT2D eigenvalue weighted by atomic mass is 15.1. The molecule has 0 radical (unpaired) electrons. The van der Waals surface area contributed by atoms with Crippen LogP contribution in [0.2, 0.25) is 0 Å². The molecule has 2 aromatic rings. The van der Waals surface area contributed by atoms with Crippen LogP contribution in [0.5, 0.6) is 0 Å². The van der Waals surface area contributed by atoms with Gasteiger partial charge in [0.25, 0.3) is 0 Å². The van der Waals surface area contributed by atoms with Crippen LogP contribution in [0.4, 0.5) is 0 Å². The third kappa shape index (κ3) is 3.85. The lowest BCUT2D eigenvalue weighted by Crippen LogP contribution is -2.38. The Morgan fingerprint density at radius 2 is 1.90 bits per heavy atom. The Morgan fingerprint density at radius 3 is 2.50 bits per heavy atom. The van der Waals surface area contributed by atoms with Gasteiger partial charge < -0.3 is 5.73 Å². The number of likely N-dealkylation sites (N-methyl/N-ethyl adjacent to an activating group) is 1. The van der Waals surface area contributed by atoms with Crippen molar-refractivity contribution >= 4 is 0 Å². The van der Waals surface area contributed by atoms with Crippen LogP contribution in [-0.4, -0.2) is 34.5 Å². The quantitative estimate of drug-likeness (QED) is 0.872. The second-order valence-electron chi connectivity index (χ2n) is 5.18. The van der Waals surface area contributed by atoms with Crippen molar-refractivity contribution in [2.75, 3.05) is 13.6 Å². The first-order valence-corrected chi connectivity index (χ1v) is 6.93. The zero-order valence-electron chi connectivity index (χ0n) is 12.1. The maximum atomic E-state index is 6.16. The summed E-state index contributed by atoms with van der Waals surface area (Å²) in [5.74, 6) is 0. The lowest BCUT2D eigenvalue weighted by atomic mass is 10.0.